The number of rotatable bonds is 0. The Morgan fingerprint density at radius 2 is 1.31 bits per heavy atom. The minimum Gasteiger partial charge on any atom is -0.423 e. The first kappa shape index (κ1) is 11.4. The van der Waals surface area contributed by atoms with E-state index in [-0.39, 0.29) is 5.97 Å². The molecule has 2 rings (SSSR count). The fourth-order valence-electron chi connectivity index (χ4n) is 2.56. The van der Waals surface area contributed by atoms with E-state index in [9.17, 15) is 4.79 Å². The molecule has 0 atom stereocenters. The molecule has 0 bridgehead atoms. The molecule has 2 nitrogen and oxygen atoms in total. The average Bonchev–Trinajstić information content (AvgIpc) is 2.51. The Morgan fingerprint density at radius 1 is 0.812 bits per heavy atom. The summed E-state index contributed by atoms with van der Waals surface area (Å²) in [4.78, 5) is 11.6. The van der Waals surface area contributed by atoms with Crippen molar-refractivity contribution < 1.29 is 9.53 Å². The maximum atomic E-state index is 11.6. The fourth-order valence-corrected chi connectivity index (χ4v) is 2.56. The molecule has 0 fully saturated rings. The highest BCUT2D eigenvalue weighted by Crippen LogP contribution is 2.32. The van der Waals surface area contributed by atoms with E-state index >= 15 is 0 Å². The Labute approximate surface area is 97.4 Å². The summed E-state index contributed by atoms with van der Waals surface area (Å²) in [5.41, 5.74) is 2.01. The highest BCUT2D eigenvalue weighted by molar-refractivity contribution is 5.94. The molecule has 1 aliphatic heterocycles. The molecular weight excluding hydrogens is 200 g/mol. The van der Waals surface area contributed by atoms with Gasteiger partial charge in [-0.2, -0.15) is 0 Å². The van der Waals surface area contributed by atoms with Crippen LogP contribution in [0.5, 0.6) is 0 Å². The van der Waals surface area contributed by atoms with Gasteiger partial charge in [-0.05, 0) is 25.7 Å². The van der Waals surface area contributed by atoms with Crippen LogP contribution in [-0.2, 0) is 9.53 Å². The fraction of sp³-hybridized carbons (Fsp3) is 0.643. The third kappa shape index (κ3) is 2.55. The van der Waals surface area contributed by atoms with E-state index in [1.54, 1.807) is 0 Å². The second-order valence-corrected chi connectivity index (χ2v) is 4.74. The summed E-state index contributed by atoms with van der Waals surface area (Å²) in [7, 11) is 0. The number of carbonyl (C=O) groups excluding carboxylic acids is 1. The minimum absolute atomic E-state index is 0.140. The first-order valence-electron chi connectivity index (χ1n) is 6.42. The molecule has 0 saturated heterocycles. The molecule has 0 amide bonds. The largest absolute Gasteiger partial charge is 0.423 e. The Kier molecular flexibility index (Phi) is 3.81. The summed E-state index contributed by atoms with van der Waals surface area (Å²) in [5.74, 6) is 0.471. The molecule has 0 aromatic carbocycles. The van der Waals surface area contributed by atoms with Gasteiger partial charge in [0.15, 0.2) is 0 Å². The highest BCUT2D eigenvalue weighted by atomic mass is 16.5. The van der Waals surface area contributed by atoms with E-state index in [1.165, 1.54) is 32.1 Å². The van der Waals surface area contributed by atoms with Gasteiger partial charge in [0.25, 0.3) is 0 Å². The van der Waals surface area contributed by atoms with E-state index in [4.69, 9.17) is 4.74 Å². The summed E-state index contributed by atoms with van der Waals surface area (Å²) in [6.45, 7) is 3.84. The van der Waals surface area contributed by atoms with Crippen molar-refractivity contribution in [3.63, 3.8) is 0 Å². The van der Waals surface area contributed by atoms with Crippen LogP contribution in [0.2, 0.25) is 0 Å². The lowest BCUT2D eigenvalue weighted by molar-refractivity contribution is -0.133. The lowest BCUT2D eigenvalue weighted by atomic mass is 9.99. The number of hydrogen-bond acceptors (Lipinski definition) is 2. The number of cyclic esters (lactones) is 1. The van der Waals surface area contributed by atoms with Gasteiger partial charge in [-0.15, -0.1) is 0 Å². The maximum Gasteiger partial charge on any atom is 0.339 e. The Balaban J connectivity index is 2.10. The number of ether oxygens (including phenoxy) is 1. The molecule has 0 aromatic rings. The quantitative estimate of drug-likeness (QED) is 0.579. The zero-order valence-electron chi connectivity index (χ0n) is 9.89. The number of carbonyl (C=O) groups is 1. The van der Waals surface area contributed by atoms with E-state index in [0.717, 1.165) is 36.8 Å². The summed E-state index contributed by atoms with van der Waals surface area (Å²) in [5, 5.41) is 0. The second-order valence-electron chi connectivity index (χ2n) is 4.74. The van der Waals surface area contributed by atoms with Gasteiger partial charge >= 0.3 is 5.97 Å². The predicted molar refractivity (Wildman–Crippen MR) is 63.8 cm³/mol. The van der Waals surface area contributed by atoms with Crippen LogP contribution in [0.4, 0.5) is 0 Å². The van der Waals surface area contributed by atoms with Gasteiger partial charge in [-0.1, -0.05) is 38.7 Å². The third-order valence-electron chi connectivity index (χ3n) is 3.52. The summed E-state index contributed by atoms with van der Waals surface area (Å²) >= 11 is 0. The molecule has 0 saturated carbocycles. The van der Waals surface area contributed by atoms with Crippen molar-refractivity contribution in [1.82, 2.24) is 0 Å². The molecule has 0 unspecified atom stereocenters. The Bertz CT molecular complexity index is 296. The third-order valence-corrected chi connectivity index (χ3v) is 3.52. The van der Waals surface area contributed by atoms with Gasteiger partial charge in [0.2, 0.25) is 0 Å². The van der Waals surface area contributed by atoms with Crippen LogP contribution in [0.3, 0.4) is 0 Å². The SMILES string of the molecule is C=C1OC(=O)C2=C1CCCCCCCCC2. The zero-order valence-corrected chi connectivity index (χ0v) is 9.89. The molecule has 0 spiro atoms. The number of hydrogen-bond donors (Lipinski definition) is 0. The summed E-state index contributed by atoms with van der Waals surface area (Å²) in [6, 6.07) is 0. The van der Waals surface area contributed by atoms with Crippen molar-refractivity contribution in [3.8, 4) is 0 Å². The van der Waals surface area contributed by atoms with E-state index in [1.807, 2.05) is 0 Å². The lowest BCUT2D eigenvalue weighted by Crippen LogP contribution is -1.99. The molecule has 2 aliphatic rings. The maximum absolute atomic E-state index is 11.6. The van der Waals surface area contributed by atoms with E-state index in [2.05, 4.69) is 6.58 Å². The number of esters is 1. The highest BCUT2D eigenvalue weighted by Gasteiger charge is 2.27. The van der Waals surface area contributed by atoms with E-state index < -0.39 is 0 Å². The minimum atomic E-state index is -0.140. The van der Waals surface area contributed by atoms with Crippen LogP contribution in [0.1, 0.15) is 57.8 Å². The van der Waals surface area contributed by atoms with Crippen LogP contribution >= 0.6 is 0 Å². The van der Waals surface area contributed by atoms with Crippen LogP contribution in [-0.4, -0.2) is 5.97 Å². The molecule has 16 heavy (non-hydrogen) atoms. The Hall–Kier alpha value is -1.05. The predicted octanol–water partition coefficient (Wildman–Crippen LogP) is 3.88. The van der Waals surface area contributed by atoms with Crippen molar-refractivity contribution in [2.45, 2.75) is 57.8 Å². The van der Waals surface area contributed by atoms with Crippen LogP contribution in [0, 0.1) is 0 Å². The molecule has 0 N–H and O–H groups in total. The molecule has 0 aromatic heterocycles. The van der Waals surface area contributed by atoms with E-state index in [0.29, 0.717) is 5.76 Å². The monoisotopic (exact) mass is 220 g/mol. The van der Waals surface area contributed by atoms with Gasteiger partial charge in [0.1, 0.15) is 5.76 Å². The van der Waals surface area contributed by atoms with Gasteiger partial charge in [0.05, 0.1) is 0 Å². The zero-order chi connectivity index (χ0) is 11.4. The second kappa shape index (κ2) is 5.33. The summed E-state index contributed by atoms with van der Waals surface area (Å²) < 4.78 is 5.12. The molecule has 0 radical (unpaired) electrons. The van der Waals surface area contributed by atoms with Gasteiger partial charge in [0, 0.05) is 11.1 Å². The summed E-state index contributed by atoms with van der Waals surface area (Å²) in [6.07, 6.45) is 10.6. The molecule has 2 heteroatoms. The average molecular weight is 220 g/mol. The van der Waals surface area contributed by atoms with Crippen molar-refractivity contribution >= 4 is 5.97 Å². The normalized spacial score (nSPS) is 23.8. The molecule has 1 heterocycles. The molecule has 1 aliphatic carbocycles. The standard InChI is InChI=1S/C14H20O2/c1-11-12-9-7-5-3-2-4-6-8-10-13(12)14(15)16-11/h1-10H2. The van der Waals surface area contributed by atoms with Crippen molar-refractivity contribution in [2.24, 2.45) is 0 Å². The smallest absolute Gasteiger partial charge is 0.339 e. The van der Waals surface area contributed by atoms with Crippen LogP contribution < -0.4 is 0 Å². The van der Waals surface area contributed by atoms with Gasteiger partial charge in [-0.25, -0.2) is 4.79 Å². The van der Waals surface area contributed by atoms with Crippen LogP contribution in [0.15, 0.2) is 23.5 Å². The van der Waals surface area contributed by atoms with Gasteiger partial charge in [-0.3, -0.25) is 0 Å². The van der Waals surface area contributed by atoms with Gasteiger partial charge < -0.3 is 4.74 Å². The lowest BCUT2D eigenvalue weighted by Gasteiger charge is -2.02. The van der Waals surface area contributed by atoms with Crippen molar-refractivity contribution in [2.75, 3.05) is 0 Å². The molecular formula is C14H20O2. The van der Waals surface area contributed by atoms with Crippen molar-refractivity contribution in [3.05, 3.63) is 23.5 Å². The number of allylic oxidation sites excluding steroid dienone is 1. The van der Waals surface area contributed by atoms with Crippen molar-refractivity contribution in [1.29, 1.82) is 0 Å². The first-order chi connectivity index (χ1) is 7.79. The Morgan fingerprint density at radius 3 is 1.94 bits per heavy atom. The topological polar surface area (TPSA) is 26.3 Å². The molecule has 88 valence electrons. The van der Waals surface area contributed by atoms with Crippen LogP contribution in [0.25, 0.3) is 0 Å². The first-order valence-corrected chi connectivity index (χ1v) is 6.42.